The van der Waals surface area contributed by atoms with E-state index in [9.17, 15) is 18.0 Å². The van der Waals surface area contributed by atoms with Crippen LogP contribution in [0.15, 0.2) is 24.3 Å². The number of nitrogens with two attached hydrogens (primary N) is 1. The van der Waals surface area contributed by atoms with Crippen LogP contribution in [-0.4, -0.2) is 24.4 Å². The molecule has 0 saturated heterocycles. The number of hydrogen-bond acceptors (Lipinski definition) is 3. The van der Waals surface area contributed by atoms with Crippen molar-refractivity contribution >= 4 is 18.3 Å². The topological polar surface area (TPSA) is 64.3 Å². The SMILES string of the molecule is CC(C)CC(C)(CN)NC(=O)Cc1ccc(OC(F)(F)F)cc1.Cl. The molecule has 0 aromatic heterocycles. The molecular formula is C16H24ClF3N2O2. The van der Waals surface area contributed by atoms with Crippen molar-refractivity contribution in [2.75, 3.05) is 6.54 Å². The van der Waals surface area contributed by atoms with Gasteiger partial charge in [0.2, 0.25) is 5.91 Å². The quantitative estimate of drug-likeness (QED) is 0.775. The van der Waals surface area contributed by atoms with Crippen molar-refractivity contribution < 1.29 is 22.7 Å². The van der Waals surface area contributed by atoms with E-state index in [-0.39, 0.29) is 30.5 Å². The molecule has 0 bridgehead atoms. The van der Waals surface area contributed by atoms with Gasteiger partial charge in [-0.15, -0.1) is 25.6 Å². The van der Waals surface area contributed by atoms with Crippen LogP contribution in [0.2, 0.25) is 0 Å². The van der Waals surface area contributed by atoms with Gasteiger partial charge in [0, 0.05) is 12.1 Å². The van der Waals surface area contributed by atoms with E-state index in [1.165, 1.54) is 24.3 Å². The van der Waals surface area contributed by atoms with Crippen molar-refractivity contribution in [2.24, 2.45) is 11.7 Å². The van der Waals surface area contributed by atoms with E-state index in [0.29, 0.717) is 18.0 Å². The van der Waals surface area contributed by atoms with Gasteiger partial charge in [0.1, 0.15) is 5.75 Å². The third kappa shape index (κ3) is 8.40. The zero-order valence-corrected chi connectivity index (χ0v) is 14.8. The van der Waals surface area contributed by atoms with Gasteiger partial charge in [-0.05, 0) is 37.0 Å². The number of rotatable bonds is 7. The molecule has 1 atom stereocenters. The van der Waals surface area contributed by atoms with E-state index in [0.717, 1.165) is 6.42 Å². The molecule has 0 spiro atoms. The average molecular weight is 369 g/mol. The summed E-state index contributed by atoms with van der Waals surface area (Å²) in [6, 6.07) is 5.24. The number of benzene rings is 1. The van der Waals surface area contributed by atoms with Crippen LogP contribution < -0.4 is 15.8 Å². The fraction of sp³-hybridized carbons (Fsp3) is 0.562. The Morgan fingerprint density at radius 2 is 1.79 bits per heavy atom. The van der Waals surface area contributed by atoms with Crippen molar-refractivity contribution in [2.45, 2.75) is 45.5 Å². The van der Waals surface area contributed by atoms with E-state index in [1.54, 1.807) is 0 Å². The number of amides is 1. The molecule has 1 rings (SSSR count). The van der Waals surface area contributed by atoms with Crippen LogP contribution in [0.3, 0.4) is 0 Å². The maximum atomic E-state index is 12.1. The Bertz CT molecular complexity index is 521. The summed E-state index contributed by atoms with van der Waals surface area (Å²) in [5, 5.41) is 2.90. The molecule has 24 heavy (non-hydrogen) atoms. The van der Waals surface area contributed by atoms with Gasteiger partial charge in [-0.25, -0.2) is 0 Å². The summed E-state index contributed by atoms with van der Waals surface area (Å²) in [7, 11) is 0. The van der Waals surface area contributed by atoms with Crippen LogP contribution in [0.5, 0.6) is 5.75 Å². The van der Waals surface area contributed by atoms with Crippen molar-refractivity contribution in [3.05, 3.63) is 29.8 Å². The lowest BCUT2D eigenvalue weighted by molar-refractivity contribution is -0.274. The van der Waals surface area contributed by atoms with Gasteiger partial charge < -0.3 is 15.8 Å². The summed E-state index contributed by atoms with van der Waals surface area (Å²) in [6.07, 6.45) is -3.91. The molecule has 1 unspecified atom stereocenters. The number of ether oxygens (including phenoxy) is 1. The van der Waals surface area contributed by atoms with Gasteiger partial charge in [0.05, 0.1) is 6.42 Å². The smallest absolute Gasteiger partial charge is 0.406 e. The van der Waals surface area contributed by atoms with E-state index >= 15 is 0 Å². The Morgan fingerprint density at radius 3 is 2.21 bits per heavy atom. The predicted molar refractivity (Wildman–Crippen MR) is 89.1 cm³/mol. The lowest BCUT2D eigenvalue weighted by Crippen LogP contribution is -2.52. The highest BCUT2D eigenvalue weighted by Gasteiger charge is 2.31. The molecule has 0 fully saturated rings. The van der Waals surface area contributed by atoms with Gasteiger partial charge in [-0.2, -0.15) is 0 Å². The van der Waals surface area contributed by atoms with Gasteiger partial charge >= 0.3 is 6.36 Å². The van der Waals surface area contributed by atoms with Crippen LogP contribution in [0.4, 0.5) is 13.2 Å². The number of hydrogen-bond donors (Lipinski definition) is 2. The van der Waals surface area contributed by atoms with Gasteiger partial charge in [-0.1, -0.05) is 26.0 Å². The number of halogens is 4. The molecular weight excluding hydrogens is 345 g/mol. The Kier molecular flexibility index (Phi) is 8.57. The van der Waals surface area contributed by atoms with Gasteiger partial charge in [0.25, 0.3) is 0 Å². The summed E-state index contributed by atoms with van der Waals surface area (Å²) >= 11 is 0. The van der Waals surface area contributed by atoms with E-state index in [4.69, 9.17) is 5.73 Å². The Morgan fingerprint density at radius 1 is 1.25 bits per heavy atom. The van der Waals surface area contributed by atoms with Crippen LogP contribution in [0, 0.1) is 5.92 Å². The van der Waals surface area contributed by atoms with Crippen LogP contribution in [-0.2, 0) is 11.2 Å². The summed E-state index contributed by atoms with van der Waals surface area (Å²) in [4.78, 5) is 12.1. The fourth-order valence-electron chi connectivity index (χ4n) is 2.46. The Balaban J connectivity index is 0.00000529. The van der Waals surface area contributed by atoms with Gasteiger partial charge in [0.15, 0.2) is 0 Å². The summed E-state index contributed by atoms with van der Waals surface area (Å²) in [5.74, 6) is -0.154. The van der Waals surface area contributed by atoms with Gasteiger partial charge in [-0.3, -0.25) is 4.79 Å². The minimum Gasteiger partial charge on any atom is -0.406 e. The number of alkyl halides is 3. The highest BCUT2D eigenvalue weighted by atomic mass is 35.5. The molecule has 0 saturated carbocycles. The molecule has 1 aromatic carbocycles. The first-order valence-electron chi connectivity index (χ1n) is 7.39. The molecule has 1 aromatic rings. The molecule has 4 nitrogen and oxygen atoms in total. The molecule has 3 N–H and O–H groups in total. The molecule has 0 aliphatic carbocycles. The molecule has 8 heteroatoms. The number of carbonyl (C=O) groups is 1. The zero-order valence-electron chi connectivity index (χ0n) is 13.9. The third-order valence-electron chi connectivity index (χ3n) is 3.27. The minimum absolute atomic E-state index is 0. The lowest BCUT2D eigenvalue weighted by Gasteiger charge is -2.31. The molecule has 138 valence electrons. The fourth-order valence-corrected chi connectivity index (χ4v) is 2.46. The molecule has 0 radical (unpaired) electrons. The first-order valence-corrected chi connectivity index (χ1v) is 7.39. The monoisotopic (exact) mass is 368 g/mol. The normalized spacial score (nSPS) is 13.8. The lowest BCUT2D eigenvalue weighted by atomic mass is 9.90. The van der Waals surface area contributed by atoms with E-state index in [2.05, 4.69) is 10.1 Å². The second kappa shape index (κ2) is 9.13. The second-order valence-corrected chi connectivity index (χ2v) is 6.28. The Labute approximate surface area is 146 Å². The molecule has 0 heterocycles. The van der Waals surface area contributed by atoms with E-state index < -0.39 is 11.9 Å². The third-order valence-corrected chi connectivity index (χ3v) is 3.27. The second-order valence-electron chi connectivity index (χ2n) is 6.28. The van der Waals surface area contributed by atoms with Crippen LogP contribution >= 0.6 is 12.4 Å². The molecule has 0 aliphatic rings. The average Bonchev–Trinajstić information content (AvgIpc) is 2.38. The zero-order chi connectivity index (χ0) is 17.7. The molecule has 0 aliphatic heterocycles. The Hall–Kier alpha value is -1.47. The van der Waals surface area contributed by atoms with E-state index in [1.807, 2.05) is 20.8 Å². The highest BCUT2D eigenvalue weighted by Crippen LogP contribution is 2.23. The van der Waals surface area contributed by atoms with Crippen LogP contribution in [0.1, 0.15) is 32.8 Å². The standard InChI is InChI=1S/C16H23F3N2O2.ClH/c1-11(2)9-15(3,10-20)21-14(22)8-12-4-6-13(7-5-12)23-16(17,18)19;/h4-7,11H,8-10,20H2,1-3H3,(H,21,22);1H. The minimum atomic E-state index is -4.72. The van der Waals surface area contributed by atoms with Crippen molar-refractivity contribution in [3.63, 3.8) is 0 Å². The maximum Gasteiger partial charge on any atom is 0.573 e. The largest absolute Gasteiger partial charge is 0.573 e. The maximum absolute atomic E-state index is 12.1. The van der Waals surface area contributed by atoms with Crippen LogP contribution in [0.25, 0.3) is 0 Å². The number of carbonyl (C=O) groups excluding carboxylic acids is 1. The summed E-state index contributed by atoms with van der Waals surface area (Å²) in [6.45, 7) is 6.28. The summed E-state index contributed by atoms with van der Waals surface area (Å²) < 4.78 is 40.0. The van der Waals surface area contributed by atoms with Crippen molar-refractivity contribution in [1.82, 2.24) is 5.32 Å². The predicted octanol–water partition coefficient (Wildman–Crippen LogP) is 3.43. The van der Waals surface area contributed by atoms with Crippen molar-refractivity contribution in [1.29, 1.82) is 0 Å². The highest BCUT2D eigenvalue weighted by molar-refractivity contribution is 5.85. The number of nitrogens with one attached hydrogen (secondary N) is 1. The summed E-state index contributed by atoms with van der Waals surface area (Å²) in [5.41, 5.74) is 5.84. The first-order chi connectivity index (χ1) is 10.5. The molecule has 1 amide bonds. The van der Waals surface area contributed by atoms with Crippen molar-refractivity contribution in [3.8, 4) is 5.75 Å². The first kappa shape index (κ1) is 22.5.